The van der Waals surface area contributed by atoms with Crippen molar-refractivity contribution in [3.8, 4) is 0 Å². The third kappa shape index (κ3) is 9.78. The number of nitrogens with one attached hydrogen (secondary N) is 3. The van der Waals surface area contributed by atoms with Crippen molar-refractivity contribution in [1.82, 2.24) is 29.5 Å². The molecular weight excluding hydrogens is 858 g/mol. The van der Waals surface area contributed by atoms with Crippen LogP contribution < -0.4 is 15.4 Å². The largest absolute Gasteiger partial charge is 0.444 e. The Hall–Kier alpha value is -5.42. The van der Waals surface area contributed by atoms with Crippen LogP contribution in [0.5, 0.6) is 0 Å². The molecule has 5 amide bonds. The van der Waals surface area contributed by atoms with Gasteiger partial charge in [0, 0.05) is 38.2 Å². The molecule has 3 fully saturated rings. The Morgan fingerprint density at radius 2 is 1.71 bits per heavy atom. The van der Waals surface area contributed by atoms with Gasteiger partial charge in [0.1, 0.15) is 35.1 Å². The van der Waals surface area contributed by atoms with Gasteiger partial charge in [-0.3, -0.25) is 34.1 Å². The van der Waals surface area contributed by atoms with Gasteiger partial charge in [-0.1, -0.05) is 38.1 Å². The number of hydrogen-bond acceptors (Lipinski definition) is 13. The topological polar surface area (TPSA) is 261 Å². The van der Waals surface area contributed by atoms with Crippen molar-refractivity contribution in [2.24, 2.45) is 11.8 Å². The molecule has 0 bridgehead atoms. The summed E-state index contributed by atoms with van der Waals surface area (Å²) in [5.41, 5.74) is -2.72. The Morgan fingerprint density at radius 1 is 1.03 bits per heavy atom. The molecule has 5 atom stereocenters. The molecule has 2 aromatic carbocycles. The number of halogens is 1. The van der Waals surface area contributed by atoms with Crippen LogP contribution in [0.15, 0.2) is 47.4 Å². The molecule has 1 saturated heterocycles. The molecule has 2 aromatic rings. The molecule has 338 valence electrons. The van der Waals surface area contributed by atoms with Crippen LogP contribution in [0.2, 0.25) is 0 Å². The molecule has 4 aliphatic rings. The minimum atomic E-state index is -4.73. The Morgan fingerprint density at radius 3 is 2.31 bits per heavy atom. The summed E-state index contributed by atoms with van der Waals surface area (Å²) >= 11 is 0. The van der Waals surface area contributed by atoms with Gasteiger partial charge in [0.25, 0.3) is 11.6 Å². The molecule has 3 N–H and O–H groups in total. The van der Waals surface area contributed by atoms with Crippen LogP contribution in [0.1, 0.15) is 71.4 Å². The van der Waals surface area contributed by atoms with E-state index < -0.39 is 125 Å². The highest BCUT2D eigenvalue weighted by molar-refractivity contribution is 7.91. The van der Waals surface area contributed by atoms with E-state index in [4.69, 9.17) is 9.47 Å². The zero-order valence-electron chi connectivity index (χ0n) is 35.0. The number of para-hydroxylation sites is 1. The quantitative estimate of drug-likeness (QED) is 0.182. The number of ether oxygens (including phenoxy) is 2. The van der Waals surface area contributed by atoms with Crippen LogP contribution in [0.25, 0.3) is 0 Å². The maximum absolute atomic E-state index is 14.8. The van der Waals surface area contributed by atoms with Crippen molar-refractivity contribution in [2.45, 2.75) is 113 Å². The van der Waals surface area contributed by atoms with E-state index >= 15 is 0 Å². The Bertz CT molecular complexity index is 2390. The van der Waals surface area contributed by atoms with Gasteiger partial charge in [-0.25, -0.2) is 30.8 Å². The summed E-state index contributed by atoms with van der Waals surface area (Å²) in [7, 11) is -7.75. The minimum Gasteiger partial charge on any atom is -0.444 e. The van der Waals surface area contributed by atoms with E-state index in [2.05, 4.69) is 15.4 Å². The normalized spacial score (nSPS) is 22.8. The number of alkyl carbamates (subject to hydrolysis) is 1. The molecule has 0 aromatic heterocycles. The lowest BCUT2D eigenvalue weighted by Gasteiger charge is -2.32. The number of hydrogen-bond donors (Lipinski definition) is 3. The average Bonchev–Trinajstić information content (AvgIpc) is 4.08. The van der Waals surface area contributed by atoms with Crippen LogP contribution in [0.4, 0.5) is 19.7 Å². The van der Waals surface area contributed by atoms with Crippen LogP contribution in [-0.2, 0) is 57.0 Å². The van der Waals surface area contributed by atoms with E-state index in [1.54, 1.807) is 19.9 Å². The number of nitro benzene ring substituents is 1. The van der Waals surface area contributed by atoms with Crippen molar-refractivity contribution in [3.05, 3.63) is 69.5 Å². The maximum Gasteiger partial charge on any atom is 0.410 e. The molecule has 6 rings (SSSR count). The second-order valence-corrected chi connectivity index (χ2v) is 21.4. The first kappa shape index (κ1) is 46.1. The molecule has 2 aliphatic heterocycles. The fourth-order valence-electron chi connectivity index (χ4n) is 7.83. The maximum atomic E-state index is 14.8. The second-order valence-electron chi connectivity index (χ2n) is 17.4. The summed E-state index contributed by atoms with van der Waals surface area (Å²) in [6.07, 6.45) is -2.86. The number of nitro groups is 1. The fourth-order valence-corrected chi connectivity index (χ4v) is 10.5. The van der Waals surface area contributed by atoms with Gasteiger partial charge in [-0.2, -0.15) is 4.31 Å². The SMILES string of the molecule is CC(C)[C@@H]1C[C@]1(NC(=O)[C@@H]1C[C@@H](OC(=O)N2Cc3cccc(F)c3C2)CN1C(=O)[C@H](CN(C)S(=O)(=O)c1ccccc1[N+](=O)[O-])NC(=O)OC(C)(C)C)C(=O)NS(=O)(=O)C1CC1. The first-order chi connectivity index (χ1) is 28.8. The van der Waals surface area contributed by atoms with E-state index in [1.807, 2.05) is 0 Å². The molecule has 2 heterocycles. The lowest BCUT2D eigenvalue weighted by atomic mass is 10.0. The number of carbonyl (C=O) groups excluding carboxylic acids is 5. The summed E-state index contributed by atoms with van der Waals surface area (Å²) in [6, 6.07) is 5.52. The van der Waals surface area contributed by atoms with Crippen molar-refractivity contribution in [3.63, 3.8) is 0 Å². The molecule has 62 heavy (non-hydrogen) atoms. The van der Waals surface area contributed by atoms with Gasteiger partial charge in [0.2, 0.25) is 31.9 Å². The van der Waals surface area contributed by atoms with Gasteiger partial charge in [-0.15, -0.1) is 0 Å². The van der Waals surface area contributed by atoms with E-state index in [9.17, 15) is 55.3 Å². The smallest absolute Gasteiger partial charge is 0.410 e. The van der Waals surface area contributed by atoms with Crippen molar-refractivity contribution >= 4 is 55.6 Å². The first-order valence-electron chi connectivity index (χ1n) is 19.9. The standard InChI is InChI=1S/C39H50FN7O13S2/c1-22(2)27-17-39(27,35(50)43-61(55,56)25-14-15-25)42-33(48)31-16-24(59-37(52)45-18-23-10-9-11-28(40)26(23)20-45)19-46(31)34(49)29(41-36(51)60-38(3,4)5)21-44(6)62(57,58)32-13-8-7-12-30(32)47(53)54/h7-13,22,24-25,27,29,31H,14-21H2,1-6H3,(H,41,51)(H,42,48)(H,43,50)/t24-,27+,29+,31+,39-/m1/s1. The molecule has 0 unspecified atom stereocenters. The highest BCUT2D eigenvalue weighted by atomic mass is 32.2. The monoisotopic (exact) mass is 907 g/mol. The van der Waals surface area contributed by atoms with Gasteiger partial charge in [0.15, 0.2) is 4.90 Å². The number of nitrogens with zero attached hydrogens (tertiary/aromatic N) is 4. The zero-order valence-corrected chi connectivity index (χ0v) is 36.6. The zero-order chi connectivity index (χ0) is 45.7. The van der Waals surface area contributed by atoms with Gasteiger partial charge < -0.3 is 25.0 Å². The first-order valence-corrected chi connectivity index (χ1v) is 22.9. The van der Waals surface area contributed by atoms with Crippen LogP contribution in [0, 0.1) is 27.8 Å². The highest BCUT2D eigenvalue weighted by Gasteiger charge is 2.64. The number of likely N-dealkylation sites (N-methyl/N-ethyl adjacent to an activating group) is 1. The molecular formula is C39H50FN7O13S2. The van der Waals surface area contributed by atoms with E-state index in [-0.39, 0.29) is 37.4 Å². The molecule has 0 spiro atoms. The predicted octanol–water partition coefficient (Wildman–Crippen LogP) is 2.51. The third-order valence-corrected chi connectivity index (χ3v) is 14.9. The van der Waals surface area contributed by atoms with Crippen LogP contribution in [0.3, 0.4) is 0 Å². The number of sulfonamides is 2. The van der Waals surface area contributed by atoms with Crippen LogP contribution in [-0.4, -0.2) is 120 Å². The average molecular weight is 908 g/mol. The number of carbonyl (C=O) groups is 5. The lowest BCUT2D eigenvalue weighted by molar-refractivity contribution is -0.387. The number of fused-ring (bicyclic) bond motifs is 1. The molecule has 20 nitrogen and oxygen atoms in total. The van der Waals surface area contributed by atoms with E-state index in [1.165, 1.54) is 49.9 Å². The number of amides is 5. The summed E-state index contributed by atoms with van der Waals surface area (Å²) in [5.74, 6) is -4.21. The van der Waals surface area contributed by atoms with E-state index in [0.717, 1.165) is 24.1 Å². The molecule has 0 radical (unpaired) electrons. The third-order valence-electron chi connectivity index (χ3n) is 11.2. The highest BCUT2D eigenvalue weighted by Crippen LogP contribution is 2.49. The molecule has 2 saturated carbocycles. The van der Waals surface area contributed by atoms with Crippen molar-refractivity contribution < 1.29 is 59.6 Å². The van der Waals surface area contributed by atoms with Gasteiger partial charge >= 0.3 is 12.2 Å². The minimum absolute atomic E-state index is 0.00542. The predicted molar refractivity (Wildman–Crippen MR) is 216 cm³/mol. The van der Waals surface area contributed by atoms with Crippen LogP contribution >= 0.6 is 0 Å². The summed E-state index contributed by atoms with van der Waals surface area (Å²) in [6.45, 7) is 6.71. The Labute approximate surface area is 358 Å². The van der Waals surface area contributed by atoms with Gasteiger partial charge in [0.05, 0.1) is 23.3 Å². The molecule has 23 heteroatoms. The number of rotatable bonds is 14. The molecule has 2 aliphatic carbocycles. The van der Waals surface area contributed by atoms with E-state index in [0.29, 0.717) is 22.7 Å². The Kier molecular flexibility index (Phi) is 12.7. The second kappa shape index (κ2) is 17.0. The number of likely N-dealkylation sites (tertiary alicyclic amines) is 1. The lowest BCUT2D eigenvalue weighted by Crippen LogP contribution is -2.60. The Balaban J connectivity index is 1.31. The number of benzene rings is 2. The van der Waals surface area contributed by atoms with Crippen molar-refractivity contribution in [1.29, 1.82) is 0 Å². The summed E-state index contributed by atoms with van der Waals surface area (Å²) in [4.78, 5) is 82.0. The summed E-state index contributed by atoms with van der Waals surface area (Å²) in [5, 5.41) is 16.1. The fraction of sp³-hybridized carbons (Fsp3) is 0.564. The summed E-state index contributed by atoms with van der Waals surface area (Å²) < 4.78 is 81.7. The van der Waals surface area contributed by atoms with Crippen molar-refractivity contribution in [2.75, 3.05) is 20.1 Å². The van der Waals surface area contributed by atoms with Gasteiger partial charge in [-0.05, 0) is 69.6 Å².